The van der Waals surface area contributed by atoms with Gasteiger partial charge in [-0.25, -0.2) is 4.79 Å². The van der Waals surface area contributed by atoms with E-state index in [1.165, 1.54) is 0 Å². The molecule has 0 radical (unpaired) electrons. The van der Waals surface area contributed by atoms with Gasteiger partial charge in [0.1, 0.15) is 0 Å². The largest absolute Gasteiger partial charge is 0.451 e. The van der Waals surface area contributed by atoms with Crippen LogP contribution in [0.3, 0.4) is 0 Å². The van der Waals surface area contributed by atoms with Crippen LogP contribution in [0.25, 0.3) is 0 Å². The highest BCUT2D eigenvalue weighted by Gasteiger charge is 2.33. The molecule has 1 atom stereocenters. The first-order chi connectivity index (χ1) is 7.04. The Morgan fingerprint density at radius 2 is 2.33 bits per heavy atom. The molecule has 1 saturated heterocycles. The Hall–Kier alpha value is -1.59. The molecule has 2 N–H and O–H groups in total. The van der Waals surface area contributed by atoms with Crippen molar-refractivity contribution in [3.05, 3.63) is 0 Å². The van der Waals surface area contributed by atoms with E-state index in [1.54, 1.807) is 6.92 Å². The average Bonchev–Trinajstić information content (AvgIpc) is 2.47. The smallest absolute Gasteiger partial charge is 0.345 e. The quantitative estimate of drug-likeness (QED) is 0.689. The first kappa shape index (κ1) is 11.5. The fourth-order valence-corrected chi connectivity index (χ4v) is 1.16. The Kier molecular flexibility index (Phi) is 3.65. The van der Waals surface area contributed by atoms with Crippen LogP contribution in [-0.4, -0.2) is 30.6 Å². The van der Waals surface area contributed by atoms with Crippen LogP contribution in [0, 0.1) is 5.92 Å². The lowest BCUT2D eigenvalue weighted by atomic mass is 10.1. The van der Waals surface area contributed by atoms with Crippen molar-refractivity contribution in [3.63, 3.8) is 0 Å². The van der Waals surface area contributed by atoms with Gasteiger partial charge in [-0.15, -0.1) is 4.99 Å². The molecule has 0 spiro atoms. The molecule has 0 bridgehead atoms. The second kappa shape index (κ2) is 4.77. The van der Waals surface area contributed by atoms with Gasteiger partial charge in [0, 0.05) is 6.54 Å². The molecular formula is C9H15N3O3. The zero-order chi connectivity index (χ0) is 11.4. The van der Waals surface area contributed by atoms with E-state index >= 15 is 0 Å². The first-order valence-corrected chi connectivity index (χ1v) is 4.88. The molecule has 1 fully saturated rings. The third-order valence-electron chi connectivity index (χ3n) is 1.86. The van der Waals surface area contributed by atoms with Crippen molar-refractivity contribution in [2.75, 3.05) is 6.54 Å². The highest BCUT2D eigenvalue weighted by Crippen LogP contribution is 2.11. The van der Waals surface area contributed by atoms with Crippen molar-refractivity contribution < 1.29 is 14.3 Å². The Labute approximate surface area is 88.1 Å². The Balaban J connectivity index is 2.61. The van der Waals surface area contributed by atoms with Crippen molar-refractivity contribution >= 4 is 18.0 Å². The van der Waals surface area contributed by atoms with Crippen molar-refractivity contribution in [3.8, 4) is 0 Å². The number of hydrogen-bond acceptors (Lipinski definition) is 3. The molecule has 6 heteroatoms. The van der Waals surface area contributed by atoms with Gasteiger partial charge in [0.25, 0.3) is 5.91 Å². The summed E-state index contributed by atoms with van der Waals surface area (Å²) in [5, 5.41) is 4.88. The number of hydrogen-bond donors (Lipinski definition) is 2. The van der Waals surface area contributed by atoms with Crippen LogP contribution in [0.15, 0.2) is 4.99 Å². The number of rotatable bonds is 2. The number of aliphatic imine (C=N–C) groups is 1. The SMILES string of the molecule is CCNC(=O)N=C1NC(=O)[C@@H](C(C)C)O1. The summed E-state index contributed by atoms with van der Waals surface area (Å²) >= 11 is 0. The third-order valence-corrected chi connectivity index (χ3v) is 1.86. The highest BCUT2D eigenvalue weighted by molar-refractivity contribution is 6.05. The van der Waals surface area contributed by atoms with Gasteiger partial charge >= 0.3 is 12.1 Å². The fraction of sp³-hybridized carbons (Fsp3) is 0.667. The summed E-state index contributed by atoms with van der Waals surface area (Å²) in [6.45, 7) is 5.98. The van der Waals surface area contributed by atoms with Crippen LogP contribution >= 0.6 is 0 Å². The lowest BCUT2D eigenvalue weighted by molar-refractivity contribution is -0.124. The van der Waals surface area contributed by atoms with Crippen LogP contribution in [-0.2, 0) is 9.53 Å². The molecule has 1 aliphatic rings. The van der Waals surface area contributed by atoms with Gasteiger partial charge in [0.2, 0.25) is 0 Å². The number of nitrogens with one attached hydrogen (secondary N) is 2. The lowest BCUT2D eigenvalue weighted by Gasteiger charge is -2.09. The summed E-state index contributed by atoms with van der Waals surface area (Å²) < 4.78 is 5.18. The van der Waals surface area contributed by atoms with Crippen molar-refractivity contribution in [2.24, 2.45) is 10.9 Å². The predicted octanol–water partition coefficient (Wildman–Crippen LogP) is 0.243. The normalized spacial score (nSPS) is 22.8. The molecule has 0 aromatic rings. The molecule has 0 aromatic carbocycles. The van der Waals surface area contributed by atoms with Crippen molar-refractivity contribution in [2.45, 2.75) is 26.9 Å². The molecule has 1 rings (SSSR count). The summed E-state index contributed by atoms with van der Waals surface area (Å²) in [7, 11) is 0. The maximum Gasteiger partial charge on any atom is 0.345 e. The minimum atomic E-state index is -0.557. The van der Waals surface area contributed by atoms with E-state index in [2.05, 4.69) is 15.6 Å². The fourth-order valence-electron chi connectivity index (χ4n) is 1.16. The molecular weight excluding hydrogens is 198 g/mol. The Bertz CT molecular complexity index is 299. The second-order valence-electron chi connectivity index (χ2n) is 3.52. The van der Waals surface area contributed by atoms with Gasteiger partial charge in [-0.2, -0.15) is 0 Å². The summed E-state index contributed by atoms with van der Waals surface area (Å²) in [5.74, 6) is -0.208. The van der Waals surface area contributed by atoms with E-state index in [-0.39, 0.29) is 17.8 Å². The van der Waals surface area contributed by atoms with Gasteiger partial charge in [-0.1, -0.05) is 13.8 Å². The number of nitrogens with zero attached hydrogens (tertiary/aromatic N) is 1. The van der Waals surface area contributed by atoms with E-state index in [0.717, 1.165) is 0 Å². The highest BCUT2D eigenvalue weighted by atomic mass is 16.5. The number of amides is 3. The number of urea groups is 1. The second-order valence-corrected chi connectivity index (χ2v) is 3.52. The number of ether oxygens (including phenoxy) is 1. The number of carbonyl (C=O) groups is 2. The van der Waals surface area contributed by atoms with Gasteiger partial charge in [-0.3, -0.25) is 10.1 Å². The molecule has 0 unspecified atom stereocenters. The minimum Gasteiger partial charge on any atom is -0.451 e. The molecule has 0 aliphatic carbocycles. The van der Waals surface area contributed by atoms with E-state index in [1.807, 2.05) is 13.8 Å². The van der Waals surface area contributed by atoms with Gasteiger partial charge < -0.3 is 10.1 Å². The van der Waals surface area contributed by atoms with Gasteiger partial charge in [-0.05, 0) is 12.8 Å². The molecule has 15 heavy (non-hydrogen) atoms. The van der Waals surface area contributed by atoms with E-state index in [9.17, 15) is 9.59 Å². The molecule has 84 valence electrons. The van der Waals surface area contributed by atoms with Crippen LogP contribution in [0.4, 0.5) is 4.79 Å². The van der Waals surface area contributed by atoms with Gasteiger partial charge in [0.05, 0.1) is 0 Å². The number of amidine groups is 1. The number of carbonyl (C=O) groups excluding carboxylic acids is 2. The summed E-state index contributed by atoms with van der Waals surface area (Å²) in [4.78, 5) is 25.9. The van der Waals surface area contributed by atoms with Crippen molar-refractivity contribution in [1.82, 2.24) is 10.6 Å². The topological polar surface area (TPSA) is 79.8 Å². The van der Waals surface area contributed by atoms with Crippen LogP contribution in [0.5, 0.6) is 0 Å². The monoisotopic (exact) mass is 213 g/mol. The zero-order valence-electron chi connectivity index (χ0n) is 9.03. The zero-order valence-corrected chi connectivity index (χ0v) is 9.03. The average molecular weight is 213 g/mol. The van der Waals surface area contributed by atoms with Crippen LogP contribution in [0.1, 0.15) is 20.8 Å². The van der Waals surface area contributed by atoms with Crippen LogP contribution < -0.4 is 10.6 Å². The Morgan fingerprint density at radius 3 is 2.80 bits per heavy atom. The third kappa shape index (κ3) is 2.93. The van der Waals surface area contributed by atoms with Crippen molar-refractivity contribution in [1.29, 1.82) is 0 Å². The predicted molar refractivity (Wildman–Crippen MR) is 54.4 cm³/mol. The first-order valence-electron chi connectivity index (χ1n) is 4.88. The van der Waals surface area contributed by atoms with Gasteiger partial charge in [0.15, 0.2) is 6.10 Å². The molecule has 0 aromatic heterocycles. The summed E-state index contributed by atoms with van der Waals surface area (Å²) in [6.07, 6.45) is -0.557. The maximum absolute atomic E-state index is 11.3. The Morgan fingerprint density at radius 1 is 1.67 bits per heavy atom. The molecule has 3 amide bonds. The standard InChI is InChI=1S/C9H15N3O3/c1-4-10-8(14)12-9-11-7(13)6(15-9)5(2)3/h5-6H,4H2,1-3H3,(H2,10,11,12,13,14)/t6-/m1/s1. The lowest BCUT2D eigenvalue weighted by Crippen LogP contribution is -2.29. The minimum absolute atomic E-state index is 0.0235. The van der Waals surface area contributed by atoms with Crippen LogP contribution in [0.2, 0.25) is 0 Å². The summed E-state index contributed by atoms with van der Waals surface area (Å²) in [6, 6.07) is -0.540. The van der Waals surface area contributed by atoms with E-state index < -0.39 is 12.1 Å². The van der Waals surface area contributed by atoms with E-state index in [4.69, 9.17) is 4.74 Å². The molecule has 6 nitrogen and oxygen atoms in total. The molecule has 1 heterocycles. The maximum atomic E-state index is 11.3. The molecule has 1 aliphatic heterocycles. The molecule has 0 saturated carbocycles. The summed E-state index contributed by atoms with van der Waals surface area (Å²) in [5.41, 5.74) is 0. The van der Waals surface area contributed by atoms with E-state index in [0.29, 0.717) is 6.54 Å².